The molecule has 8 nitrogen and oxygen atoms in total. The van der Waals surface area contributed by atoms with Crippen molar-refractivity contribution in [3.8, 4) is 0 Å². The molecule has 0 unspecified atom stereocenters. The van der Waals surface area contributed by atoms with E-state index in [9.17, 15) is 14.9 Å². The quantitative estimate of drug-likeness (QED) is 0.648. The molecule has 9 heteroatoms. The van der Waals surface area contributed by atoms with Gasteiger partial charge in [0.25, 0.3) is 11.6 Å². The molecule has 0 bridgehead atoms. The predicted octanol–water partition coefficient (Wildman–Crippen LogP) is 2.44. The molecule has 1 aliphatic rings. The Bertz CT molecular complexity index is 786. The maximum Gasteiger partial charge on any atom is 0.275 e. The summed E-state index contributed by atoms with van der Waals surface area (Å²) in [7, 11) is 0. The minimum Gasteiger partial charge on any atom is -0.379 e. The molecule has 0 atom stereocenters. The first-order valence-corrected chi connectivity index (χ1v) is 8.72. The lowest BCUT2D eigenvalue weighted by Gasteiger charge is -2.25. The number of carbonyl (C=O) groups excluding carboxylic acids is 1. The van der Waals surface area contributed by atoms with Gasteiger partial charge in [-0.3, -0.25) is 19.8 Å². The van der Waals surface area contributed by atoms with E-state index in [1.807, 2.05) is 0 Å². The smallest absolute Gasteiger partial charge is 0.275 e. The minimum absolute atomic E-state index is 0.0240. The Morgan fingerprint density at radius 2 is 2.20 bits per heavy atom. The zero-order valence-electron chi connectivity index (χ0n) is 13.7. The first kappa shape index (κ1) is 17.5. The Balaban J connectivity index is 1.68. The molecule has 0 aliphatic carbocycles. The Morgan fingerprint density at radius 3 is 2.92 bits per heavy atom. The number of nitro benzene ring substituents is 1. The van der Waals surface area contributed by atoms with Crippen molar-refractivity contribution >= 4 is 28.6 Å². The number of nitro groups is 1. The van der Waals surface area contributed by atoms with Gasteiger partial charge < -0.3 is 10.1 Å². The van der Waals surface area contributed by atoms with Crippen molar-refractivity contribution in [3.05, 3.63) is 50.0 Å². The van der Waals surface area contributed by atoms with Gasteiger partial charge in [-0.2, -0.15) is 0 Å². The summed E-state index contributed by atoms with van der Waals surface area (Å²) in [5, 5.41) is 16.3. The van der Waals surface area contributed by atoms with Gasteiger partial charge in [0.2, 0.25) is 0 Å². The lowest BCUT2D eigenvalue weighted by atomic mass is 10.1. The van der Waals surface area contributed by atoms with Crippen LogP contribution in [-0.4, -0.2) is 47.0 Å². The van der Waals surface area contributed by atoms with Gasteiger partial charge in [0, 0.05) is 24.5 Å². The number of thiazole rings is 1. The lowest BCUT2D eigenvalue weighted by Crippen LogP contribution is -2.35. The van der Waals surface area contributed by atoms with Crippen molar-refractivity contribution in [1.29, 1.82) is 0 Å². The first-order valence-electron chi connectivity index (χ1n) is 7.84. The van der Waals surface area contributed by atoms with Crippen LogP contribution in [0.1, 0.15) is 21.1 Å². The number of aromatic nitrogens is 1. The number of morpholine rings is 1. The average molecular weight is 362 g/mol. The summed E-state index contributed by atoms with van der Waals surface area (Å²) in [5.74, 6) is -0.368. The molecule has 3 rings (SSSR count). The highest BCUT2D eigenvalue weighted by molar-refractivity contribution is 7.09. The van der Waals surface area contributed by atoms with E-state index in [0.717, 1.165) is 18.1 Å². The largest absolute Gasteiger partial charge is 0.379 e. The van der Waals surface area contributed by atoms with Crippen molar-refractivity contribution in [2.45, 2.75) is 13.5 Å². The molecular formula is C16H18N4O4S. The monoisotopic (exact) mass is 362 g/mol. The molecule has 132 valence electrons. The standard InChI is InChI=1S/C16H18N4O4S/c1-11-12(3-2-4-14(11)20(22)23)18-16(21)13-10-25-15(17-13)9-19-5-7-24-8-6-19/h2-4,10H,5-9H2,1H3,(H,18,21). The van der Waals surface area contributed by atoms with Crippen molar-refractivity contribution < 1.29 is 14.5 Å². The molecule has 0 radical (unpaired) electrons. The number of carbonyl (C=O) groups is 1. The molecule has 25 heavy (non-hydrogen) atoms. The Kier molecular flexibility index (Phi) is 5.37. The van der Waals surface area contributed by atoms with E-state index < -0.39 is 4.92 Å². The molecule has 1 saturated heterocycles. The van der Waals surface area contributed by atoms with E-state index in [2.05, 4.69) is 15.2 Å². The second-order valence-corrected chi connectivity index (χ2v) is 6.62. The summed E-state index contributed by atoms with van der Waals surface area (Å²) in [4.78, 5) is 29.5. The highest BCUT2D eigenvalue weighted by Gasteiger charge is 2.18. The number of rotatable bonds is 5. The summed E-state index contributed by atoms with van der Waals surface area (Å²) in [6, 6.07) is 4.60. The molecule has 1 N–H and O–H groups in total. The second kappa shape index (κ2) is 7.68. The summed E-state index contributed by atoms with van der Waals surface area (Å²) in [5.41, 5.74) is 1.13. The molecule has 1 fully saturated rings. The highest BCUT2D eigenvalue weighted by atomic mass is 32.1. The Hall–Kier alpha value is -2.36. The number of benzene rings is 1. The van der Waals surface area contributed by atoms with Crippen LogP contribution >= 0.6 is 11.3 Å². The van der Waals surface area contributed by atoms with Gasteiger partial charge in [0.05, 0.1) is 35.9 Å². The topological polar surface area (TPSA) is 97.6 Å². The zero-order chi connectivity index (χ0) is 17.8. The van der Waals surface area contributed by atoms with Crippen LogP contribution in [0.5, 0.6) is 0 Å². The van der Waals surface area contributed by atoms with Gasteiger partial charge in [-0.15, -0.1) is 11.3 Å². The summed E-state index contributed by atoms with van der Waals surface area (Å²) in [6.45, 7) is 5.44. The number of hydrogen-bond donors (Lipinski definition) is 1. The third-order valence-corrected chi connectivity index (χ3v) is 4.83. The molecule has 2 heterocycles. The average Bonchev–Trinajstić information content (AvgIpc) is 3.06. The van der Waals surface area contributed by atoms with Gasteiger partial charge in [0.15, 0.2) is 0 Å². The van der Waals surface area contributed by atoms with Gasteiger partial charge in [-0.25, -0.2) is 4.98 Å². The highest BCUT2D eigenvalue weighted by Crippen LogP contribution is 2.25. The molecule has 2 aromatic rings. The van der Waals surface area contributed by atoms with E-state index in [0.29, 0.717) is 36.7 Å². The SMILES string of the molecule is Cc1c(NC(=O)c2csc(CN3CCOCC3)n2)cccc1[N+](=O)[O-]. The van der Waals surface area contributed by atoms with Crippen LogP contribution in [0.2, 0.25) is 0 Å². The lowest BCUT2D eigenvalue weighted by molar-refractivity contribution is -0.385. The fourth-order valence-corrected chi connectivity index (χ4v) is 3.40. The van der Waals surface area contributed by atoms with Crippen molar-refractivity contribution in [2.24, 2.45) is 0 Å². The van der Waals surface area contributed by atoms with Gasteiger partial charge in [0.1, 0.15) is 10.7 Å². The number of anilines is 1. The van der Waals surface area contributed by atoms with E-state index in [4.69, 9.17) is 4.74 Å². The molecule has 1 amide bonds. The summed E-state index contributed by atoms with van der Waals surface area (Å²) in [6.07, 6.45) is 0. The van der Waals surface area contributed by atoms with Gasteiger partial charge in [-0.05, 0) is 13.0 Å². The summed E-state index contributed by atoms with van der Waals surface area (Å²) < 4.78 is 5.31. The number of ether oxygens (including phenoxy) is 1. The zero-order valence-corrected chi connectivity index (χ0v) is 14.5. The van der Waals surface area contributed by atoms with Crippen LogP contribution in [-0.2, 0) is 11.3 Å². The van der Waals surface area contributed by atoms with E-state index in [1.54, 1.807) is 24.4 Å². The fourth-order valence-electron chi connectivity index (χ4n) is 2.58. The van der Waals surface area contributed by atoms with Crippen molar-refractivity contribution in [3.63, 3.8) is 0 Å². The number of nitrogens with one attached hydrogen (secondary N) is 1. The maximum absolute atomic E-state index is 12.4. The first-order chi connectivity index (χ1) is 12.0. The van der Waals surface area contributed by atoms with Crippen LogP contribution in [0.3, 0.4) is 0 Å². The number of nitrogens with zero attached hydrogens (tertiary/aromatic N) is 3. The molecule has 1 aromatic heterocycles. The van der Waals surface area contributed by atoms with Crippen molar-refractivity contribution in [1.82, 2.24) is 9.88 Å². The van der Waals surface area contributed by atoms with Crippen LogP contribution in [0.25, 0.3) is 0 Å². The van der Waals surface area contributed by atoms with Crippen LogP contribution in [0.4, 0.5) is 11.4 Å². The molecule has 1 aliphatic heterocycles. The predicted molar refractivity (Wildman–Crippen MR) is 94.0 cm³/mol. The minimum atomic E-state index is -0.464. The van der Waals surface area contributed by atoms with Crippen molar-refractivity contribution in [2.75, 3.05) is 31.6 Å². The number of hydrogen-bond acceptors (Lipinski definition) is 7. The van der Waals surface area contributed by atoms with Gasteiger partial charge in [-0.1, -0.05) is 6.07 Å². The van der Waals surface area contributed by atoms with Crippen LogP contribution < -0.4 is 5.32 Å². The fraction of sp³-hybridized carbons (Fsp3) is 0.375. The second-order valence-electron chi connectivity index (χ2n) is 5.68. The van der Waals surface area contributed by atoms with E-state index in [-0.39, 0.29) is 11.6 Å². The van der Waals surface area contributed by atoms with Gasteiger partial charge >= 0.3 is 0 Å². The number of amides is 1. The molecule has 0 saturated carbocycles. The van der Waals surface area contributed by atoms with Crippen LogP contribution in [0, 0.1) is 17.0 Å². The Morgan fingerprint density at radius 1 is 1.44 bits per heavy atom. The normalized spacial score (nSPS) is 15.1. The maximum atomic E-state index is 12.4. The van der Waals surface area contributed by atoms with E-state index in [1.165, 1.54) is 17.4 Å². The molecular weight excluding hydrogens is 344 g/mol. The third kappa shape index (κ3) is 4.19. The summed E-state index contributed by atoms with van der Waals surface area (Å²) >= 11 is 1.43. The van der Waals surface area contributed by atoms with E-state index >= 15 is 0 Å². The third-order valence-electron chi connectivity index (χ3n) is 4.00. The molecule has 0 spiro atoms. The van der Waals surface area contributed by atoms with Crippen LogP contribution in [0.15, 0.2) is 23.6 Å². The Labute approximate surface area is 148 Å². The molecule has 1 aromatic carbocycles.